The Labute approximate surface area is 141 Å². The van der Waals surface area contributed by atoms with E-state index in [-0.39, 0.29) is 5.56 Å². The van der Waals surface area contributed by atoms with Crippen molar-refractivity contribution in [2.45, 2.75) is 6.92 Å². The Balaban J connectivity index is 1.50. The third kappa shape index (κ3) is 3.47. The molecule has 6 heteroatoms. The molecule has 5 nitrogen and oxygen atoms in total. The summed E-state index contributed by atoms with van der Waals surface area (Å²) >= 11 is 6.08. The number of carboxylic acids is 1. The van der Waals surface area contributed by atoms with Gasteiger partial charge in [-0.3, -0.25) is 4.90 Å². The van der Waals surface area contributed by atoms with Crippen molar-refractivity contribution in [3.05, 3.63) is 28.8 Å². The molecule has 2 aliphatic heterocycles. The lowest BCUT2D eigenvalue weighted by atomic mass is 9.83. The predicted octanol–water partition coefficient (Wildman–Crippen LogP) is 2.30. The van der Waals surface area contributed by atoms with Gasteiger partial charge < -0.3 is 14.7 Å². The Hall–Kier alpha value is -1.30. The maximum Gasteiger partial charge on any atom is 0.335 e. The third-order valence-corrected chi connectivity index (χ3v) is 5.35. The van der Waals surface area contributed by atoms with E-state index in [1.807, 2.05) is 0 Å². The fourth-order valence-corrected chi connectivity index (χ4v) is 4.19. The van der Waals surface area contributed by atoms with E-state index >= 15 is 0 Å². The number of benzene rings is 1. The molecular formula is C17H23ClN2O3. The van der Waals surface area contributed by atoms with Gasteiger partial charge in [0, 0.05) is 32.7 Å². The maximum absolute atomic E-state index is 10.9. The number of hydrogen-bond acceptors (Lipinski definition) is 4. The van der Waals surface area contributed by atoms with Crippen molar-refractivity contribution < 1.29 is 14.6 Å². The zero-order chi connectivity index (χ0) is 16.6. The third-order valence-electron chi connectivity index (χ3n) is 5.06. The highest BCUT2D eigenvalue weighted by molar-refractivity contribution is 6.32. The molecule has 3 rings (SSSR count). The molecule has 1 N–H and O–H groups in total. The van der Waals surface area contributed by atoms with E-state index in [4.69, 9.17) is 21.4 Å². The van der Waals surface area contributed by atoms with Gasteiger partial charge in [0.1, 0.15) is 12.4 Å². The second kappa shape index (κ2) is 6.30. The number of carboxylic acid groups (broad SMARTS) is 1. The number of aromatic carboxylic acids is 1. The summed E-state index contributed by atoms with van der Waals surface area (Å²) < 4.78 is 5.73. The Morgan fingerprint density at radius 1 is 1.43 bits per heavy atom. The molecule has 0 spiro atoms. The minimum Gasteiger partial charge on any atom is -0.491 e. The second-order valence-corrected chi connectivity index (χ2v) is 7.49. The van der Waals surface area contributed by atoms with Gasteiger partial charge in [0.05, 0.1) is 10.6 Å². The van der Waals surface area contributed by atoms with Crippen LogP contribution in [0.25, 0.3) is 0 Å². The smallest absolute Gasteiger partial charge is 0.335 e. The van der Waals surface area contributed by atoms with Crippen molar-refractivity contribution in [1.82, 2.24) is 9.80 Å². The van der Waals surface area contributed by atoms with Crippen molar-refractivity contribution >= 4 is 17.6 Å². The van der Waals surface area contributed by atoms with E-state index in [1.54, 1.807) is 6.07 Å². The highest BCUT2D eigenvalue weighted by Gasteiger charge is 2.47. The number of likely N-dealkylation sites (tertiary alicyclic amines) is 2. The SMILES string of the molecule is CN1C[C@@H]2CN(CCOc3ccc(C(=O)O)cc3Cl)C[C@]2(C)C1. The van der Waals surface area contributed by atoms with E-state index in [0.717, 1.165) is 32.1 Å². The molecule has 2 saturated heterocycles. The fraction of sp³-hybridized carbons (Fsp3) is 0.588. The first-order chi connectivity index (χ1) is 10.9. The van der Waals surface area contributed by atoms with E-state index in [2.05, 4.69) is 23.8 Å². The van der Waals surface area contributed by atoms with Crippen LogP contribution in [0.15, 0.2) is 18.2 Å². The van der Waals surface area contributed by atoms with Crippen LogP contribution in [0.3, 0.4) is 0 Å². The number of ether oxygens (including phenoxy) is 1. The molecule has 0 unspecified atom stereocenters. The van der Waals surface area contributed by atoms with Gasteiger partial charge in [-0.25, -0.2) is 4.79 Å². The zero-order valence-corrected chi connectivity index (χ0v) is 14.3. The number of hydrogen-bond donors (Lipinski definition) is 1. The van der Waals surface area contributed by atoms with Crippen LogP contribution >= 0.6 is 11.6 Å². The molecule has 1 aromatic carbocycles. The molecular weight excluding hydrogens is 316 g/mol. The lowest BCUT2D eigenvalue weighted by Crippen LogP contribution is -2.33. The Bertz CT molecular complexity index is 610. The molecule has 0 radical (unpaired) electrons. The van der Waals surface area contributed by atoms with Gasteiger partial charge in [0.15, 0.2) is 0 Å². The van der Waals surface area contributed by atoms with Crippen LogP contribution in [-0.2, 0) is 0 Å². The maximum atomic E-state index is 10.9. The van der Waals surface area contributed by atoms with Gasteiger partial charge in [-0.2, -0.15) is 0 Å². The zero-order valence-electron chi connectivity index (χ0n) is 13.6. The normalized spacial score (nSPS) is 28.0. The van der Waals surface area contributed by atoms with Crippen LogP contribution in [0.1, 0.15) is 17.3 Å². The van der Waals surface area contributed by atoms with Crippen LogP contribution in [-0.4, -0.2) is 67.3 Å². The average Bonchev–Trinajstić information content (AvgIpc) is 2.89. The standard InChI is InChI=1S/C17H23ClN2O3/c1-17-10-19(2)8-13(17)9-20(11-17)5-6-23-15-4-3-12(16(21)22)7-14(15)18/h3-4,7,13H,5-6,8-11H2,1-2H3,(H,21,22)/t13-,17+/m1/s1. The quantitative estimate of drug-likeness (QED) is 0.892. The van der Waals surface area contributed by atoms with Crippen molar-refractivity contribution in [1.29, 1.82) is 0 Å². The molecule has 126 valence electrons. The first-order valence-electron chi connectivity index (χ1n) is 7.94. The molecule has 23 heavy (non-hydrogen) atoms. The average molecular weight is 339 g/mol. The van der Waals surface area contributed by atoms with Gasteiger partial charge in [0.25, 0.3) is 0 Å². The second-order valence-electron chi connectivity index (χ2n) is 7.08. The number of fused-ring (bicyclic) bond motifs is 1. The van der Waals surface area contributed by atoms with Crippen LogP contribution in [0.2, 0.25) is 5.02 Å². The van der Waals surface area contributed by atoms with E-state index in [1.165, 1.54) is 18.7 Å². The van der Waals surface area contributed by atoms with Crippen LogP contribution in [0.5, 0.6) is 5.75 Å². The molecule has 0 saturated carbocycles. The Morgan fingerprint density at radius 3 is 2.87 bits per heavy atom. The van der Waals surface area contributed by atoms with Gasteiger partial charge >= 0.3 is 5.97 Å². The minimum atomic E-state index is -0.986. The molecule has 2 fully saturated rings. The first-order valence-corrected chi connectivity index (χ1v) is 8.32. The molecule has 0 aromatic heterocycles. The summed E-state index contributed by atoms with van der Waals surface area (Å²) in [5, 5.41) is 9.28. The van der Waals surface area contributed by atoms with E-state index in [9.17, 15) is 4.79 Å². The molecule has 0 bridgehead atoms. The van der Waals surface area contributed by atoms with Crippen LogP contribution < -0.4 is 4.74 Å². The van der Waals surface area contributed by atoms with Gasteiger partial charge in [-0.1, -0.05) is 18.5 Å². The number of halogens is 1. The lowest BCUT2D eigenvalue weighted by molar-refractivity contribution is 0.0697. The molecule has 0 aliphatic carbocycles. The van der Waals surface area contributed by atoms with Crippen molar-refractivity contribution in [2.75, 3.05) is 46.4 Å². The summed E-state index contributed by atoms with van der Waals surface area (Å²) in [6.07, 6.45) is 0. The highest BCUT2D eigenvalue weighted by Crippen LogP contribution is 2.41. The molecule has 2 aliphatic rings. The fourth-order valence-electron chi connectivity index (χ4n) is 3.96. The molecule has 2 heterocycles. The topological polar surface area (TPSA) is 53.0 Å². The number of nitrogens with zero attached hydrogens (tertiary/aromatic N) is 2. The Kier molecular flexibility index (Phi) is 4.54. The first kappa shape index (κ1) is 16.6. The van der Waals surface area contributed by atoms with Crippen LogP contribution in [0.4, 0.5) is 0 Å². The highest BCUT2D eigenvalue weighted by atomic mass is 35.5. The van der Waals surface area contributed by atoms with Crippen molar-refractivity contribution in [3.8, 4) is 5.75 Å². The van der Waals surface area contributed by atoms with Gasteiger partial charge in [-0.05, 0) is 36.6 Å². The summed E-state index contributed by atoms with van der Waals surface area (Å²) in [7, 11) is 2.19. The number of carbonyl (C=O) groups is 1. The predicted molar refractivity (Wildman–Crippen MR) is 89.4 cm³/mol. The monoisotopic (exact) mass is 338 g/mol. The molecule has 0 amide bonds. The summed E-state index contributed by atoms with van der Waals surface area (Å²) in [4.78, 5) is 15.8. The van der Waals surface area contributed by atoms with Crippen LogP contribution in [0, 0.1) is 11.3 Å². The lowest BCUT2D eigenvalue weighted by Gasteiger charge is -2.24. The summed E-state index contributed by atoms with van der Waals surface area (Å²) in [5.41, 5.74) is 0.571. The molecule has 2 atom stereocenters. The summed E-state index contributed by atoms with van der Waals surface area (Å²) in [6, 6.07) is 4.57. The van der Waals surface area contributed by atoms with E-state index < -0.39 is 5.97 Å². The van der Waals surface area contributed by atoms with E-state index in [0.29, 0.717) is 22.8 Å². The van der Waals surface area contributed by atoms with Gasteiger partial charge in [0.2, 0.25) is 0 Å². The van der Waals surface area contributed by atoms with Gasteiger partial charge in [-0.15, -0.1) is 0 Å². The summed E-state index contributed by atoms with van der Waals surface area (Å²) in [6.45, 7) is 8.38. The summed E-state index contributed by atoms with van der Waals surface area (Å²) in [5.74, 6) is 0.299. The van der Waals surface area contributed by atoms with Crippen molar-refractivity contribution in [3.63, 3.8) is 0 Å². The Morgan fingerprint density at radius 2 is 2.22 bits per heavy atom. The largest absolute Gasteiger partial charge is 0.491 e. The van der Waals surface area contributed by atoms with Crippen molar-refractivity contribution in [2.24, 2.45) is 11.3 Å². The molecule has 1 aromatic rings. The number of rotatable bonds is 5. The minimum absolute atomic E-state index is 0.173.